The number of rotatable bonds is 5. The smallest absolute Gasteiger partial charge is 0.227 e. The normalized spacial score (nSPS) is 20.2. The van der Waals surface area contributed by atoms with Gasteiger partial charge in [-0.1, -0.05) is 12.1 Å². The number of piperidine rings is 1. The summed E-state index contributed by atoms with van der Waals surface area (Å²) in [6, 6.07) is 9.97. The molecule has 0 spiro atoms. The molecule has 0 bridgehead atoms. The van der Waals surface area contributed by atoms with Crippen LogP contribution in [0.4, 0.5) is 0 Å². The van der Waals surface area contributed by atoms with Crippen LogP contribution in [0.5, 0.6) is 5.75 Å². The van der Waals surface area contributed by atoms with Crippen LogP contribution in [0, 0.1) is 5.92 Å². The van der Waals surface area contributed by atoms with E-state index in [1.54, 1.807) is 7.11 Å². The second-order valence-electron chi connectivity index (χ2n) is 7.56. The molecule has 0 aliphatic carbocycles. The van der Waals surface area contributed by atoms with Crippen molar-refractivity contribution >= 4 is 18.3 Å². The first-order valence-electron chi connectivity index (χ1n) is 10.1. The second kappa shape index (κ2) is 10.1. The maximum atomic E-state index is 12.9. The maximum absolute atomic E-state index is 12.9. The molecule has 7 nitrogen and oxygen atoms in total. The van der Waals surface area contributed by atoms with E-state index in [0.29, 0.717) is 5.91 Å². The van der Waals surface area contributed by atoms with Crippen LogP contribution in [0.15, 0.2) is 36.5 Å². The van der Waals surface area contributed by atoms with Gasteiger partial charge in [0, 0.05) is 45.5 Å². The topological polar surface area (TPSA) is 62.6 Å². The number of nitrogens with zero attached hydrogens (tertiary/aromatic N) is 4. The zero-order chi connectivity index (χ0) is 19.3. The number of piperazine rings is 1. The monoisotopic (exact) mass is 419 g/mol. The Morgan fingerprint density at radius 3 is 2.79 bits per heavy atom. The number of hydrogen-bond acceptors (Lipinski definition) is 5. The number of para-hydroxylation sites is 2. The third-order valence-corrected chi connectivity index (χ3v) is 5.70. The van der Waals surface area contributed by atoms with Crippen molar-refractivity contribution in [3.05, 3.63) is 42.2 Å². The summed E-state index contributed by atoms with van der Waals surface area (Å²) in [7, 11) is 1.68. The molecule has 2 aromatic rings. The molecule has 158 valence electrons. The van der Waals surface area contributed by atoms with Crippen molar-refractivity contribution in [1.29, 1.82) is 0 Å². The maximum Gasteiger partial charge on any atom is 0.227 e. The Kier molecular flexibility index (Phi) is 7.52. The highest BCUT2D eigenvalue weighted by atomic mass is 35.5. The van der Waals surface area contributed by atoms with E-state index in [0.717, 1.165) is 75.8 Å². The van der Waals surface area contributed by atoms with Crippen molar-refractivity contribution in [3.8, 4) is 11.4 Å². The molecule has 1 amide bonds. The van der Waals surface area contributed by atoms with Crippen LogP contribution < -0.4 is 10.1 Å². The molecule has 2 aliphatic heterocycles. The van der Waals surface area contributed by atoms with Crippen LogP contribution in [0.25, 0.3) is 5.69 Å². The van der Waals surface area contributed by atoms with Gasteiger partial charge in [-0.15, -0.1) is 12.4 Å². The van der Waals surface area contributed by atoms with Crippen LogP contribution in [-0.2, 0) is 11.3 Å². The van der Waals surface area contributed by atoms with Gasteiger partial charge in [0.1, 0.15) is 11.4 Å². The number of carbonyl (C=O) groups is 1. The number of likely N-dealkylation sites (tertiary alicyclic amines) is 1. The van der Waals surface area contributed by atoms with Crippen molar-refractivity contribution in [2.45, 2.75) is 19.4 Å². The number of amides is 1. The van der Waals surface area contributed by atoms with Gasteiger partial charge in [-0.25, -0.2) is 4.68 Å². The minimum Gasteiger partial charge on any atom is -0.494 e. The molecule has 0 radical (unpaired) electrons. The summed E-state index contributed by atoms with van der Waals surface area (Å²) in [6.45, 7) is 6.08. The molecule has 0 saturated carbocycles. The van der Waals surface area contributed by atoms with Crippen molar-refractivity contribution in [2.24, 2.45) is 5.92 Å². The number of carbonyl (C=O) groups excluding carboxylic acids is 1. The predicted molar refractivity (Wildman–Crippen MR) is 115 cm³/mol. The minimum absolute atomic E-state index is 0. The summed E-state index contributed by atoms with van der Waals surface area (Å²) in [5, 5.41) is 7.83. The molecule has 1 N–H and O–H groups in total. The average Bonchev–Trinajstić information content (AvgIpc) is 3.22. The van der Waals surface area contributed by atoms with E-state index in [4.69, 9.17) is 4.74 Å². The number of ether oxygens (including phenoxy) is 1. The number of methoxy groups -OCH3 is 1. The van der Waals surface area contributed by atoms with E-state index in [9.17, 15) is 4.79 Å². The van der Waals surface area contributed by atoms with E-state index < -0.39 is 0 Å². The zero-order valence-electron chi connectivity index (χ0n) is 16.9. The van der Waals surface area contributed by atoms with Gasteiger partial charge in [0.15, 0.2) is 0 Å². The zero-order valence-corrected chi connectivity index (χ0v) is 17.7. The van der Waals surface area contributed by atoms with Gasteiger partial charge in [-0.05, 0) is 37.6 Å². The fraction of sp³-hybridized carbons (Fsp3) is 0.524. The largest absolute Gasteiger partial charge is 0.494 e. The van der Waals surface area contributed by atoms with Crippen LogP contribution in [-0.4, -0.2) is 71.9 Å². The quantitative estimate of drug-likeness (QED) is 0.802. The Morgan fingerprint density at radius 1 is 1.21 bits per heavy atom. The van der Waals surface area contributed by atoms with Crippen LogP contribution >= 0.6 is 12.4 Å². The van der Waals surface area contributed by atoms with Crippen LogP contribution in [0.2, 0.25) is 0 Å². The summed E-state index contributed by atoms with van der Waals surface area (Å²) in [5.74, 6) is 1.23. The standard InChI is InChI=1S/C21H29N5O2.ClH/c1-28-20-7-3-2-6-19(20)26-18(8-9-23-26)16-24-12-4-5-17(15-24)21(27)25-13-10-22-11-14-25;/h2-3,6-9,17,22H,4-5,10-16H2,1H3;1H. The molecule has 4 rings (SSSR count). The van der Waals surface area contributed by atoms with Crippen LogP contribution in [0.1, 0.15) is 18.5 Å². The lowest BCUT2D eigenvalue weighted by Crippen LogP contribution is -2.51. The van der Waals surface area contributed by atoms with Crippen molar-refractivity contribution in [1.82, 2.24) is 24.9 Å². The molecular formula is C21H30ClN5O2. The highest BCUT2D eigenvalue weighted by Gasteiger charge is 2.30. The van der Waals surface area contributed by atoms with Gasteiger partial charge >= 0.3 is 0 Å². The molecule has 8 heteroatoms. The Morgan fingerprint density at radius 2 is 2.00 bits per heavy atom. The van der Waals surface area contributed by atoms with Gasteiger partial charge in [-0.3, -0.25) is 9.69 Å². The lowest BCUT2D eigenvalue weighted by Gasteiger charge is -2.36. The molecule has 2 saturated heterocycles. The molecule has 29 heavy (non-hydrogen) atoms. The number of halogens is 1. The van der Waals surface area contributed by atoms with E-state index in [-0.39, 0.29) is 18.3 Å². The Balaban J connectivity index is 0.00000240. The van der Waals surface area contributed by atoms with Crippen molar-refractivity contribution in [3.63, 3.8) is 0 Å². The third kappa shape index (κ3) is 4.91. The predicted octanol–water partition coefficient (Wildman–Crippen LogP) is 1.95. The molecule has 1 aromatic heterocycles. The first-order chi connectivity index (χ1) is 13.8. The fourth-order valence-corrected chi connectivity index (χ4v) is 4.25. The Bertz CT molecular complexity index is 806. The molecular weight excluding hydrogens is 390 g/mol. The van der Waals surface area contributed by atoms with Gasteiger partial charge in [0.25, 0.3) is 0 Å². The van der Waals surface area contributed by atoms with E-state index >= 15 is 0 Å². The van der Waals surface area contributed by atoms with Gasteiger partial charge < -0.3 is 15.0 Å². The van der Waals surface area contributed by atoms with Gasteiger partial charge in [0.2, 0.25) is 5.91 Å². The number of hydrogen-bond donors (Lipinski definition) is 1. The molecule has 1 unspecified atom stereocenters. The van der Waals surface area contributed by atoms with Gasteiger partial charge in [0.05, 0.1) is 18.7 Å². The minimum atomic E-state index is 0. The first kappa shape index (κ1) is 21.6. The highest BCUT2D eigenvalue weighted by molar-refractivity contribution is 5.85. The Hall–Kier alpha value is -2.09. The number of benzene rings is 1. The first-order valence-corrected chi connectivity index (χ1v) is 10.1. The summed E-state index contributed by atoms with van der Waals surface area (Å²) >= 11 is 0. The second-order valence-corrected chi connectivity index (χ2v) is 7.56. The lowest BCUT2D eigenvalue weighted by molar-refractivity contribution is -0.138. The SMILES string of the molecule is COc1ccccc1-n1nccc1CN1CCCC(C(=O)N2CCNCC2)C1.Cl. The summed E-state index contributed by atoms with van der Waals surface area (Å²) in [4.78, 5) is 17.3. The average molecular weight is 420 g/mol. The van der Waals surface area contributed by atoms with Crippen LogP contribution in [0.3, 0.4) is 0 Å². The van der Waals surface area contributed by atoms with Crippen molar-refractivity contribution in [2.75, 3.05) is 46.4 Å². The van der Waals surface area contributed by atoms with E-state index in [2.05, 4.69) is 15.3 Å². The third-order valence-electron chi connectivity index (χ3n) is 5.70. The Labute approximate surface area is 178 Å². The van der Waals surface area contributed by atoms with E-state index in [1.807, 2.05) is 46.1 Å². The summed E-state index contributed by atoms with van der Waals surface area (Å²) in [6.07, 6.45) is 3.88. The molecule has 3 heterocycles. The number of nitrogens with one attached hydrogen (secondary N) is 1. The molecule has 2 fully saturated rings. The summed E-state index contributed by atoms with van der Waals surface area (Å²) < 4.78 is 7.45. The molecule has 1 atom stereocenters. The number of aromatic nitrogens is 2. The fourth-order valence-electron chi connectivity index (χ4n) is 4.25. The highest BCUT2D eigenvalue weighted by Crippen LogP contribution is 2.25. The molecule has 2 aliphatic rings. The summed E-state index contributed by atoms with van der Waals surface area (Å²) in [5.41, 5.74) is 2.05. The lowest BCUT2D eigenvalue weighted by atomic mass is 9.96. The van der Waals surface area contributed by atoms with E-state index in [1.165, 1.54) is 0 Å². The van der Waals surface area contributed by atoms with Gasteiger partial charge in [-0.2, -0.15) is 5.10 Å². The molecule has 1 aromatic carbocycles. The van der Waals surface area contributed by atoms with Crippen molar-refractivity contribution < 1.29 is 9.53 Å².